The van der Waals surface area contributed by atoms with Gasteiger partial charge in [0.05, 0.1) is 5.41 Å². The number of rotatable bonds is 11. The van der Waals surface area contributed by atoms with Gasteiger partial charge in [0.15, 0.2) is 0 Å². The van der Waals surface area contributed by atoms with Gasteiger partial charge in [0.25, 0.3) is 0 Å². The average Bonchev–Trinajstić information content (AvgIpc) is 3.12. The molecule has 6 rings (SSSR count). The fourth-order valence-corrected chi connectivity index (χ4v) is 12.8. The molecule has 0 aromatic carbocycles. The summed E-state index contributed by atoms with van der Waals surface area (Å²) in [5.41, 5.74) is -0.615. The Kier molecular flexibility index (Phi) is 12.9. The van der Waals surface area contributed by atoms with Crippen LogP contribution in [0.5, 0.6) is 0 Å². The highest BCUT2D eigenvalue weighted by atomic mass is 16.5. The van der Waals surface area contributed by atoms with E-state index in [1.165, 1.54) is 167 Å². The van der Waals surface area contributed by atoms with Gasteiger partial charge in [-0.05, 0) is 138 Å². The lowest BCUT2D eigenvalue weighted by Gasteiger charge is -2.65. The van der Waals surface area contributed by atoms with Crippen LogP contribution in [0, 0.1) is 34.5 Å². The Balaban J connectivity index is 1.47. The van der Waals surface area contributed by atoms with Crippen LogP contribution in [0.2, 0.25) is 0 Å². The summed E-state index contributed by atoms with van der Waals surface area (Å²) in [4.78, 5) is 29.8. The Bertz CT molecular complexity index is 885. The van der Waals surface area contributed by atoms with Crippen molar-refractivity contribution >= 4 is 11.9 Å². The van der Waals surface area contributed by atoms with Crippen LogP contribution in [0.3, 0.4) is 0 Å². The van der Waals surface area contributed by atoms with Gasteiger partial charge in [-0.2, -0.15) is 0 Å². The lowest BCUT2D eigenvalue weighted by molar-refractivity contribution is -0.219. The van der Waals surface area contributed by atoms with E-state index in [0.717, 1.165) is 32.1 Å². The van der Waals surface area contributed by atoms with E-state index in [0.29, 0.717) is 30.1 Å². The fourth-order valence-electron chi connectivity index (χ4n) is 12.8. The van der Waals surface area contributed by atoms with E-state index in [1.54, 1.807) is 0 Å². The highest BCUT2D eigenvalue weighted by Gasteiger charge is 2.68. The zero-order valence-corrected chi connectivity index (χ0v) is 29.7. The standard InChI is InChI=1S/C42H70O4/c43-39(45-37-27-15-5-16-28-37)31-32-41(33-19-7-1-8-20-33,34-21-9-2-10-22-34)42(35-23-11-3-12-24-35,36-25-13-4-14-26-36)40(44)46-38-29-17-6-18-30-38/h33-38H,1-32H2. The number of carbonyl (C=O) groups is 2. The van der Waals surface area contributed by atoms with E-state index < -0.39 is 5.41 Å². The summed E-state index contributed by atoms with van der Waals surface area (Å²) in [5, 5.41) is 0. The van der Waals surface area contributed by atoms with E-state index >= 15 is 4.79 Å². The molecule has 46 heavy (non-hydrogen) atoms. The van der Waals surface area contributed by atoms with Crippen molar-refractivity contribution in [2.24, 2.45) is 34.5 Å². The maximum absolute atomic E-state index is 15.9. The summed E-state index contributed by atoms with van der Waals surface area (Å²) in [6.45, 7) is 0. The van der Waals surface area contributed by atoms with Gasteiger partial charge >= 0.3 is 11.9 Å². The van der Waals surface area contributed by atoms with E-state index in [9.17, 15) is 4.79 Å². The third-order valence-corrected chi connectivity index (χ3v) is 14.7. The molecule has 0 saturated heterocycles. The predicted molar refractivity (Wildman–Crippen MR) is 186 cm³/mol. The third kappa shape index (κ3) is 7.56. The molecule has 262 valence electrons. The second-order valence-electron chi connectivity index (χ2n) is 17.2. The van der Waals surface area contributed by atoms with Gasteiger partial charge in [0, 0.05) is 6.42 Å². The molecule has 0 radical (unpaired) electrons. The minimum atomic E-state index is -0.458. The van der Waals surface area contributed by atoms with Crippen molar-refractivity contribution in [2.45, 2.75) is 218 Å². The minimum absolute atomic E-state index is 0.0322. The number of hydrogen-bond donors (Lipinski definition) is 0. The summed E-state index contributed by atoms with van der Waals surface area (Å²) >= 11 is 0. The van der Waals surface area contributed by atoms with Crippen molar-refractivity contribution in [1.29, 1.82) is 0 Å². The second kappa shape index (κ2) is 17.0. The van der Waals surface area contributed by atoms with Gasteiger partial charge in [-0.15, -0.1) is 0 Å². The van der Waals surface area contributed by atoms with E-state index in [2.05, 4.69) is 0 Å². The smallest absolute Gasteiger partial charge is 0.313 e. The van der Waals surface area contributed by atoms with Gasteiger partial charge in [-0.25, -0.2) is 0 Å². The van der Waals surface area contributed by atoms with E-state index in [4.69, 9.17) is 9.47 Å². The summed E-state index contributed by atoms with van der Waals surface area (Å²) < 4.78 is 13.3. The molecule has 6 fully saturated rings. The number of hydrogen-bond acceptors (Lipinski definition) is 4. The number of esters is 2. The van der Waals surface area contributed by atoms with Crippen molar-refractivity contribution in [1.82, 2.24) is 0 Å². The Labute approximate surface area is 282 Å². The molecule has 0 amide bonds. The maximum Gasteiger partial charge on any atom is 0.313 e. The summed E-state index contributed by atoms with van der Waals surface area (Å²) in [7, 11) is 0. The first-order chi connectivity index (χ1) is 22.6. The van der Waals surface area contributed by atoms with Gasteiger partial charge < -0.3 is 9.47 Å². The molecule has 6 aliphatic rings. The molecule has 0 heterocycles. The van der Waals surface area contributed by atoms with Gasteiger partial charge in [0.1, 0.15) is 12.2 Å². The van der Waals surface area contributed by atoms with Crippen LogP contribution in [0.1, 0.15) is 205 Å². The van der Waals surface area contributed by atoms with Crippen LogP contribution in [0.25, 0.3) is 0 Å². The SMILES string of the molecule is O=C(CCC(C1CCCCC1)(C1CCCCC1)C(C(=O)OC1CCCCC1)(C1CCCCC1)C1CCCCC1)OC1CCCCC1. The molecule has 0 unspecified atom stereocenters. The first-order valence-corrected chi connectivity index (χ1v) is 21.0. The summed E-state index contributed by atoms with van der Waals surface area (Å²) in [6.07, 6.45) is 38.2. The lowest BCUT2D eigenvalue weighted by atomic mass is 9.38. The monoisotopic (exact) mass is 639 g/mol. The highest BCUT2D eigenvalue weighted by molar-refractivity contribution is 5.80. The normalized spacial score (nSPS) is 26.5. The average molecular weight is 639 g/mol. The van der Waals surface area contributed by atoms with Crippen LogP contribution in [-0.2, 0) is 19.1 Å². The van der Waals surface area contributed by atoms with Crippen molar-refractivity contribution in [3.63, 3.8) is 0 Å². The zero-order chi connectivity index (χ0) is 31.7. The predicted octanol–water partition coefficient (Wildman–Crippen LogP) is 11.8. The summed E-state index contributed by atoms with van der Waals surface area (Å²) in [5.74, 6) is 2.11. The molecule has 0 N–H and O–H groups in total. The highest BCUT2D eigenvalue weighted by Crippen LogP contribution is 2.69. The lowest BCUT2D eigenvalue weighted by Crippen LogP contribution is -2.64. The Morgan fingerprint density at radius 2 is 0.739 bits per heavy atom. The van der Waals surface area contributed by atoms with Crippen LogP contribution < -0.4 is 0 Å². The third-order valence-electron chi connectivity index (χ3n) is 14.7. The molecule has 4 heteroatoms. The second-order valence-corrected chi connectivity index (χ2v) is 17.2. The number of carbonyl (C=O) groups excluding carboxylic acids is 2. The fraction of sp³-hybridized carbons (Fsp3) is 0.952. The molecule has 4 nitrogen and oxygen atoms in total. The largest absolute Gasteiger partial charge is 0.462 e. The molecule has 0 bridgehead atoms. The summed E-state index contributed by atoms with van der Waals surface area (Å²) in [6, 6.07) is 0. The molecule has 0 atom stereocenters. The Hall–Kier alpha value is -1.06. The van der Waals surface area contributed by atoms with Crippen molar-refractivity contribution in [3.8, 4) is 0 Å². The number of ether oxygens (including phenoxy) is 2. The van der Waals surface area contributed by atoms with Gasteiger partial charge in [0.2, 0.25) is 0 Å². The Morgan fingerprint density at radius 1 is 0.413 bits per heavy atom. The van der Waals surface area contributed by atoms with E-state index in [1.807, 2.05) is 0 Å². The van der Waals surface area contributed by atoms with Crippen LogP contribution in [0.15, 0.2) is 0 Å². The first kappa shape index (κ1) is 34.8. The molecule has 0 aromatic heterocycles. The first-order valence-electron chi connectivity index (χ1n) is 21.0. The van der Waals surface area contributed by atoms with Crippen molar-refractivity contribution in [3.05, 3.63) is 0 Å². The topological polar surface area (TPSA) is 52.6 Å². The molecule has 0 aromatic rings. The van der Waals surface area contributed by atoms with Crippen LogP contribution in [0.4, 0.5) is 0 Å². The van der Waals surface area contributed by atoms with Crippen LogP contribution >= 0.6 is 0 Å². The molecule has 6 saturated carbocycles. The van der Waals surface area contributed by atoms with Gasteiger partial charge in [-0.1, -0.05) is 89.9 Å². The molecular formula is C42H70O4. The maximum atomic E-state index is 15.9. The van der Waals surface area contributed by atoms with Crippen LogP contribution in [-0.4, -0.2) is 24.1 Å². The molecule has 6 aliphatic carbocycles. The van der Waals surface area contributed by atoms with E-state index in [-0.39, 0.29) is 29.6 Å². The molecule has 0 spiro atoms. The molecule has 0 aliphatic heterocycles. The minimum Gasteiger partial charge on any atom is -0.462 e. The quantitative estimate of drug-likeness (QED) is 0.211. The zero-order valence-electron chi connectivity index (χ0n) is 29.7. The molecular weight excluding hydrogens is 568 g/mol. The Morgan fingerprint density at radius 3 is 1.13 bits per heavy atom. The van der Waals surface area contributed by atoms with Gasteiger partial charge in [-0.3, -0.25) is 9.59 Å². The van der Waals surface area contributed by atoms with Crippen molar-refractivity contribution in [2.75, 3.05) is 0 Å². The van der Waals surface area contributed by atoms with Crippen molar-refractivity contribution < 1.29 is 19.1 Å².